The molecule has 0 saturated carbocycles. The first-order valence-corrected chi connectivity index (χ1v) is 7.99. The van der Waals surface area contributed by atoms with Crippen LogP contribution in [0, 0.1) is 13.8 Å². The molecule has 24 heavy (non-hydrogen) atoms. The fourth-order valence-corrected chi connectivity index (χ4v) is 2.67. The second kappa shape index (κ2) is 7.81. The summed E-state index contributed by atoms with van der Waals surface area (Å²) in [6.45, 7) is 11.5. The van der Waals surface area contributed by atoms with Crippen molar-refractivity contribution in [2.45, 2.75) is 38.8 Å². The van der Waals surface area contributed by atoms with Crippen molar-refractivity contribution in [1.29, 1.82) is 0 Å². The van der Waals surface area contributed by atoms with Crippen LogP contribution in [0.1, 0.15) is 24.0 Å². The molecule has 0 aliphatic carbocycles. The van der Waals surface area contributed by atoms with Gasteiger partial charge in [-0.25, -0.2) is 9.79 Å². The molecule has 1 N–H and O–H groups in total. The van der Waals surface area contributed by atoms with Gasteiger partial charge in [-0.05, 0) is 43.5 Å². The summed E-state index contributed by atoms with van der Waals surface area (Å²) in [4.78, 5) is 17.5. The zero-order valence-corrected chi connectivity index (χ0v) is 14.2. The number of hydrogen-bond acceptors (Lipinski definition) is 3. The van der Waals surface area contributed by atoms with E-state index >= 15 is 0 Å². The van der Waals surface area contributed by atoms with E-state index in [2.05, 4.69) is 18.2 Å². The maximum Gasteiger partial charge on any atom is 0.412 e. The Kier molecular flexibility index (Phi) is 5.79. The van der Waals surface area contributed by atoms with Gasteiger partial charge in [-0.2, -0.15) is 0 Å². The number of anilines is 1. The highest BCUT2D eigenvalue weighted by atomic mass is 16.5. The highest BCUT2D eigenvalue weighted by molar-refractivity contribution is 5.94. The van der Waals surface area contributed by atoms with Crippen LogP contribution < -0.4 is 4.90 Å². The van der Waals surface area contributed by atoms with Crippen molar-refractivity contribution >= 4 is 17.7 Å². The van der Waals surface area contributed by atoms with Crippen molar-refractivity contribution < 1.29 is 14.6 Å². The van der Waals surface area contributed by atoms with E-state index in [1.807, 2.05) is 26.0 Å². The molecule has 0 spiro atoms. The zero-order chi connectivity index (χ0) is 17.7. The summed E-state index contributed by atoms with van der Waals surface area (Å²) in [7, 11) is 0. The Morgan fingerprint density at radius 2 is 2.00 bits per heavy atom. The lowest BCUT2D eigenvalue weighted by Gasteiger charge is -2.20. The zero-order valence-electron chi connectivity index (χ0n) is 14.2. The first-order chi connectivity index (χ1) is 11.5. The van der Waals surface area contributed by atoms with Crippen LogP contribution in [-0.4, -0.2) is 35.8 Å². The van der Waals surface area contributed by atoms with Crippen LogP contribution in [0.3, 0.4) is 0 Å². The van der Waals surface area contributed by atoms with E-state index in [0.29, 0.717) is 24.4 Å². The lowest BCUT2D eigenvalue weighted by Crippen LogP contribution is -2.35. The highest BCUT2D eigenvalue weighted by Gasteiger charge is 2.31. The van der Waals surface area contributed by atoms with Gasteiger partial charge < -0.3 is 9.84 Å². The molecule has 0 bridgehead atoms. The number of benzene rings is 1. The fourth-order valence-electron chi connectivity index (χ4n) is 2.67. The number of rotatable bonds is 7. The van der Waals surface area contributed by atoms with E-state index < -0.39 is 6.09 Å². The molecule has 1 aromatic carbocycles. The Labute approximate surface area is 143 Å². The number of amides is 1. The average Bonchev–Trinajstić information content (AvgIpc) is 2.90. The number of aliphatic imine (C=N–C) groups is 1. The van der Waals surface area contributed by atoms with Crippen molar-refractivity contribution in [2.75, 3.05) is 11.4 Å². The van der Waals surface area contributed by atoms with Gasteiger partial charge in [0.1, 0.15) is 12.6 Å². The Morgan fingerprint density at radius 1 is 1.29 bits per heavy atom. The number of carbonyl (C=O) groups is 1. The smallest absolute Gasteiger partial charge is 0.412 e. The molecule has 0 saturated heterocycles. The molecule has 1 aliphatic rings. The molecule has 0 aromatic heterocycles. The normalized spacial score (nSPS) is 19.3. The largest absolute Gasteiger partial charge is 0.474 e. The lowest BCUT2D eigenvalue weighted by molar-refractivity contribution is 0.189. The van der Waals surface area contributed by atoms with E-state index in [1.54, 1.807) is 18.2 Å². The van der Waals surface area contributed by atoms with Crippen molar-refractivity contribution in [2.24, 2.45) is 4.99 Å². The maximum atomic E-state index is 11.7. The summed E-state index contributed by atoms with van der Waals surface area (Å²) in [5, 5.41) is 9.57. The summed E-state index contributed by atoms with van der Waals surface area (Å²) in [5.41, 5.74) is 2.78. The van der Waals surface area contributed by atoms with Crippen LogP contribution in [0.2, 0.25) is 0 Å². The summed E-state index contributed by atoms with van der Waals surface area (Å²) in [5.74, 6) is 0.439. The minimum absolute atomic E-state index is 0.0362. The van der Waals surface area contributed by atoms with Crippen molar-refractivity contribution in [3.05, 3.63) is 54.6 Å². The molecule has 128 valence electrons. The topological polar surface area (TPSA) is 62.1 Å². The predicted octanol–water partition coefficient (Wildman–Crippen LogP) is 4.11. The minimum atomic E-state index is -1.03. The van der Waals surface area contributed by atoms with Crippen LogP contribution in [0.5, 0.6) is 0 Å². The number of carboxylic acid groups (broad SMARTS) is 1. The van der Waals surface area contributed by atoms with E-state index in [4.69, 9.17) is 4.74 Å². The molecule has 0 fully saturated rings. The fraction of sp³-hybridized carbons (Fsp3) is 0.368. The van der Waals surface area contributed by atoms with Gasteiger partial charge in [0.25, 0.3) is 0 Å². The van der Waals surface area contributed by atoms with Gasteiger partial charge in [0.15, 0.2) is 0 Å². The summed E-state index contributed by atoms with van der Waals surface area (Å²) in [6, 6.07) is 5.54. The van der Waals surface area contributed by atoms with Gasteiger partial charge >= 0.3 is 6.09 Å². The van der Waals surface area contributed by atoms with E-state index in [0.717, 1.165) is 11.1 Å². The van der Waals surface area contributed by atoms with Crippen LogP contribution in [-0.2, 0) is 4.74 Å². The molecule has 1 aromatic rings. The highest BCUT2D eigenvalue weighted by Crippen LogP contribution is 2.23. The Bertz CT molecular complexity index is 667. The van der Waals surface area contributed by atoms with Gasteiger partial charge in [-0.15, -0.1) is 13.2 Å². The van der Waals surface area contributed by atoms with Crippen molar-refractivity contribution in [3.8, 4) is 0 Å². The second-order valence-electron chi connectivity index (χ2n) is 5.93. The van der Waals surface area contributed by atoms with Gasteiger partial charge in [0.2, 0.25) is 5.90 Å². The van der Waals surface area contributed by atoms with Gasteiger partial charge in [0.05, 0.1) is 6.04 Å². The average molecular weight is 328 g/mol. The molecule has 2 unspecified atom stereocenters. The summed E-state index contributed by atoms with van der Waals surface area (Å²) < 4.78 is 5.85. The maximum absolute atomic E-state index is 11.7. The molecule has 2 rings (SSSR count). The standard InChI is InChI=1S/C19H24N2O3/c1-5-7-16-17(8-6-2)24-18(20-16)12-21(19(22)23)15-10-9-13(3)14(4)11-15/h5-6,9-11,16-17H,1-2,7-8,12H2,3-4H3,(H,22,23). The van der Waals surface area contributed by atoms with E-state index in [-0.39, 0.29) is 18.7 Å². The van der Waals surface area contributed by atoms with Crippen LogP contribution in [0.4, 0.5) is 10.5 Å². The molecular formula is C19H24N2O3. The molecule has 5 heteroatoms. The minimum Gasteiger partial charge on any atom is -0.474 e. The third-order valence-corrected chi connectivity index (χ3v) is 4.16. The number of nitrogens with zero attached hydrogens (tertiary/aromatic N) is 2. The number of aryl methyl sites for hydroxylation is 2. The summed E-state index contributed by atoms with van der Waals surface area (Å²) >= 11 is 0. The molecule has 1 aliphatic heterocycles. The third-order valence-electron chi connectivity index (χ3n) is 4.16. The molecule has 1 heterocycles. The first kappa shape index (κ1) is 17.8. The molecule has 5 nitrogen and oxygen atoms in total. The molecule has 1 amide bonds. The Morgan fingerprint density at radius 3 is 2.58 bits per heavy atom. The Balaban J connectivity index is 2.20. The quantitative estimate of drug-likeness (QED) is 0.766. The van der Waals surface area contributed by atoms with Crippen molar-refractivity contribution in [3.63, 3.8) is 0 Å². The van der Waals surface area contributed by atoms with E-state index in [1.165, 1.54) is 4.90 Å². The monoisotopic (exact) mass is 328 g/mol. The molecular weight excluding hydrogens is 304 g/mol. The number of hydrogen-bond donors (Lipinski definition) is 1. The van der Waals surface area contributed by atoms with Gasteiger partial charge in [-0.3, -0.25) is 4.90 Å². The van der Waals surface area contributed by atoms with Crippen molar-refractivity contribution in [1.82, 2.24) is 0 Å². The predicted molar refractivity (Wildman–Crippen MR) is 97.0 cm³/mol. The third kappa shape index (κ3) is 4.04. The number of ether oxygens (including phenoxy) is 1. The second-order valence-corrected chi connectivity index (χ2v) is 5.93. The molecule has 2 atom stereocenters. The van der Waals surface area contributed by atoms with Crippen LogP contribution in [0.25, 0.3) is 0 Å². The van der Waals surface area contributed by atoms with Crippen LogP contribution >= 0.6 is 0 Å². The first-order valence-electron chi connectivity index (χ1n) is 7.99. The van der Waals surface area contributed by atoms with Gasteiger partial charge in [-0.1, -0.05) is 18.2 Å². The lowest BCUT2D eigenvalue weighted by atomic mass is 10.1. The molecule has 0 radical (unpaired) electrons. The summed E-state index contributed by atoms with van der Waals surface area (Å²) in [6.07, 6.45) is 3.82. The SMILES string of the molecule is C=CCC1N=C(CN(C(=O)O)c2ccc(C)c(C)c2)OC1CC=C. The van der Waals surface area contributed by atoms with Gasteiger partial charge in [0, 0.05) is 12.1 Å². The Hall–Kier alpha value is -2.56. The van der Waals surface area contributed by atoms with E-state index in [9.17, 15) is 9.90 Å². The van der Waals surface area contributed by atoms with Crippen LogP contribution in [0.15, 0.2) is 48.5 Å².